The van der Waals surface area contributed by atoms with Crippen LogP contribution in [-0.4, -0.2) is 28.3 Å². The first-order valence-electron chi connectivity index (χ1n) is 7.70. The molecule has 0 fully saturated rings. The zero-order valence-electron chi connectivity index (χ0n) is 13.2. The average Bonchev–Trinajstić information content (AvgIpc) is 3.01. The summed E-state index contributed by atoms with van der Waals surface area (Å²) in [4.78, 5) is 12.0. The van der Waals surface area contributed by atoms with Crippen molar-refractivity contribution in [2.24, 2.45) is 0 Å². The van der Waals surface area contributed by atoms with Crippen molar-refractivity contribution in [3.05, 3.63) is 54.4 Å². The van der Waals surface area contributed by atoms with Crippen LogP contribution in [0.1, 0.15) is 31.9 Å². The Bertz CT molecular complexity index is 553. The van der Waals surface area contributed by atoms with Crippen molar-refractivity contribution in [3.63, 3.8) is 0 Å². The van der Waals surface area contributed by atoms with Gasteiger partial charge < -0.3 is 10.6 Å². The van der Waals surface area contributed by atoms with E-state index < -0.39 is 0 Å². The number of carbonyl (C=O) groups is 1. The maximum absolute atomic E-state index is 12.0. The van der Waals surface area contributed by atoms with E-state index >= 15 is 0 Å². The zero-order chi connectivity index (χ0) is 15.8. The van der Waals surface area contributed by atoms with Crippen LogP contribution in [0.5, 0.6) is 0 Å². The van der Waals surface area contributed by atoms with Crippen LogP contribution in [-0.2, 0) is 11.3 Å². The van der Waals surface area contributed by atoms with Crippen LogP contribution in [0.2, 0.25) is 0 Å². The summed E-state index contributed by atoms with van der Waals surface area (Å²) in [6, 6.07) is 12.2. The van der Waals surface area contributed by atoms with Gasteiger partial charge in [-0.25, -0.2) is 0 Å². The van der Waals surface area contributed by atoms with E-state index in [9.17, 15) is 4.79 Å². The van der Waals surface area contributed by atoms with Crippen LogP contribution in [0.4, 0.5) is 0 Å². The van der Waals surface area contributed by atoms with Crippen molar-refractivity contribution in [1.82, 2.24) is 20.4 Å². The molecule has 0 saturated heterocycles. The van der Waals surface area contributed by atoms with Crippen molar-refractivity contribution >= 4 is 5.91 Å². The third-order valence-electron chi connectivity index (χ3n) is 3.54. The minimum absolute atomic E-state index is 0.0372. The summed E-state index contributed by atoms with van der Waals surface area (Å²) in [5.41, 5.74) is 1.12. The lowest BCUT2D eigenvalue weighted by Crippen LogP contribution is -2.35. The first kappa shape index (κ1) is 16.2. The van der Waals surface area contributed by atoms with E-state index in [4.69, 9.17) is 0 Å². The van der Waals surface area contributed by atoms with Crippen LogP contribution in [0, 0.1) is 0 Å². The van der Waals surface area contributed by atoms with Gasteiger partial charge in [0.15, 0.2) is 0 Å². The summed E-state index contributed by atoms with van der Waals surface area (Å²) in [7, 11) is 0. The van der Waals surface area contributed by atoms with Gasteiger partial charge in [0.1, 0.15) is 0 Å². The highest BCUT2D eigenvalue weighted by atomic mass is 16.1. The SMILES string of the molecule is C[C@H](Cn1cccn1)NCCC(=O)N[C@@H](C)c1ccccc1. The van der Waals surface area contributed by atoms with E-state index in [1.165, 1.54) is 0 Å². The fraction of sp³-hybridized carbons (Fsp3) is 0.412. The van der Waals surface area contributed by atoms with Crippen LogP contribution in [0.15, 0.2) is 48.8 Å². The molecular formula is C17H24N4O. The zero-order valence-corrected chi connectivity index (χ0v) is 13.2. The molecule has 0 radical (unpaired) electrons. The molecule has 2 atom stereocenters. The predicted octanol–water partition coefficient (Wildman–Crippen LogP) is 2.13. The molecule has 1 heterocycles. The Labute approximate surface area is 131 Å². The quantitative estimate of drug-likeness (QED) is 0.785. The molecule has 2 N–H and O–H groups in total. The predicted molar refractivity (Wildman–Crippen MR) is 87.3 cm³/mol. The molecule has 22 heavy (non-hydrogen) atoms. The number of hydrogen-bond donors (Lipinski definition) is 2. The van der Waals surface area contributed by atoms with Crippen molar-refractivity contribution < 1.29 is 4.79 Å². The highest BCUT2D eigenvalue weighted by molar-refractivity contribution is 5.76. The lowest BCUT2D eigenvalue weighted by Gasteiger charge is -2.16. The van der Waals surface area contributed by atoms with Gasteiger partial charge in [-0.15, -0.1) is 0 Å². The minimum atomic E-state index is 0.0372. The second kappa shape index (κ2) is 8.34. The van der Waals surface area contributed by atoms with E-state index in [1.807, 2.05) is 54.2 Å². The Morgan fingerprint density at radius 3 is 2.68 bits per heavy atom. The fourth-order valence-corrected chi connectivity index (χ4v) is 2.32. The van der Waals surface area contributed by atoms with Crippen molar-refractivity contribution in [3.8, 4) is 0 Å². The van der Waals surface area contributed by atoms with E-state index in [0.717, 1.165) is 12.1 Å². The highest BCUT2D eigenvalue weighted by Crippen LogP contribution is 2.10. The van der Waals surface area contributed by atoms with E-state index in [0.29, 0.717) is 13.0 Å². The molecule has 0 aliphatic rings. The summed E-state index contributed by atoms with van der Waals surface area (Å²) in [5.74, 6) is 0.0649. The monoisotopic (exact) mass is 300 g/mol. The highest BCUT2D eigenvalue weighted by Gasteiger charge is 2.09. The minimum Gasteiger partial charge on any atom is -0.350 e. The molecule has 2 rings (SSSR count). The topological polar surface area (TPSA) is 59.0 Å². The molecule has 0 aliphatic heterocycles. The third-order valence-corrected chi connectivity index (χ3v) is 3.54. The molecule has 0 aliphatic carbocycles. The smallest absolute Gasteiger partial charge is 0.221 e. The van der Waals surface area contributed by atoms with Gasteiger partial charge in [-0.05, 0) is 25.5 Å². The Morgan fingerprint density at radius 2 is 2.00 bits per heavy atom. The molecular weight excluding hydrogens is 276 g/mol. The number of benzene rings is 1. The third kappa shape index (κ3) is 5.33. The van der Waals surface area contributed by atoms with Gasteiger partial charge in [-0.1, -0.05) is 30.3 Å². The van der Waals surface area contributed by atoms with Crippen LogP contribution in [0.25, 0.3) is 0 Å². The van der Waals surface area contributed by atoms with Gasteiger partial charge in [0.2, 0.25) is 5.91 Å². The summed E-state index contributed by atoms with van der Waals surface area (Å²) < 4.78 is 1.88. The Morgan fingerprint density at radius 1 is 1.23 bits per heavy atom. The summed E-state index contributed by atoms with van der Waals surface area (Å²) in [6.07, 6.45) is 4.18. The Kier molecular flexibility index (Phi) is 6.15. The van der Waals surface area contributed by atoms with Crippen molar-refractivity contribution in [2.45, 2.75) is 38.9 Å². The standard InChI is InChI=1S/C17H24N4O/c1-14(13-21-12-6-10-19-21)18-11-9-17(22)20-15(2)16-7-4-3-5-8-16/h3-8,10,12,14-15,18H,9,11,13H2,1-2H3,(H,20,22)/t14-,15+/m1/s1. The number of aromatic nitrogens is 2. The molecule has 1 amide bonds. The lowest BCUT2D eigenvalue weighted by molar-refractivity contribution is -0.121. The number of hydrogen-bond acceptors (Lipinski definition) is 3. The Balaban J connectivity index is 1.65. The molecule has 0 saturated carbocycles. The van der Waals surface area contributed by atoms with Gasteiger partial charge in [0.05, 0.1) is 12.6 Å². The van der Waals surface area contributed by atoms with Crippen LogP contribution in [0.3, 0.4) is 0 Å². The number of nitrogens with zero attached hydrogens (tertiary/aromatic N) is 2. The van der Waals surface area contributed by atoms with E-state index in [2.05, 4.69) is 22.7 Å². The molecule has 0 spiro atoms. The first-order valence-corrected chi connectivity index (χ1v) is 7.70. The second-order valence-corrected chi connectivity index (χ2v) is 5.53. The first-order chi connectivity index (χ1) is 10.6. The summed E-state index contributed by atoms with van der Waals surface area (Å²) in [5, 5.41) is 10.5. The maximum Gasteiger partial charge on any atom is 0.221 e. The Hall–Kier alpha value is -2.14. The maximum atomic E-state index is 12.0. The van der Waals surface area contributed by atoms with Crippen molar-refractivity contribution in [2.75, 3.05) is 6.54 Å². The van der Waals surface area contributed by atoms with Gasteiger partial charge in [-0.3, -0.25) is 9.48 Å². The van der Waals surface area contributed by atoms with E-state index in [-0.39, 0.29) is 18.0 Å². The van der Waals surface area contributed by atoms with Gasteiger partial charge >= 0.3 is 0 Å². The number of nitrogens with one attached hydrogen (secondary N) is 2. The molecule has 1 aromatic carbocycles. The van der Waals surface area contributed by atoms with Gasteiger partial charge in [-0.2, -0.15) is 5.10 Å². The molecule has 5 heteroatoms. The molecule has 1 aromatic heterocycles. The summed E-state index contributed by atoms with van der Waals surface area (Å²) in [6.45, 7) is 5.55. The fourth-order valence-electron chi connectivity index (χ4n) is 2.32. The van der Waals surface area contributed by atoms with Crippen molar-refractivity contribution in [1.29, 1.82) is 0 Å². The normalized spacial score (nSPS) is 13.5. The molecule has 0 bridgehead atoms. The average molecular weight is 300 g/mol. The molecule has 0 unspecified atom stereocenters. The van der Waals surface area contributed by atoms with E-state index in [1.54, 1.807) is 6.20 Å². The largest absolute Gasteiger partial charge is 0.350 e. The van der Waals surface area contributed by atoms with Crippen LogP contribution < -0.4 is 10.6 Å². The second-order valence-electron chi connectivity index (χ2n) is 5.53. The van der Waals surface area contributed by atoms with Crippen LogP contribution >= 0.6 is 0 Å². The number of amides is 1. The lowest BCUT2D eigenvalue weighted by atomic mass is 10.1. The number of rotatable bonds is 8. The number of carbonyl (C=O) groups excluding carboxylic acids is 1. The molecule has 2 aromatic rings. The molecule has 5 nitrogen and oxygen atoms in total. The summed E-state index contributed by atoms with van der Waals surface area (Å²) >= 11 is 0. The molecule has 118 valence electrons. The van der Waals surface area contributed by atoms with Gasteiger partial charge in [0.25, 0.3) is 0 Å². The van der Waals surface area contributed by atoms with Gasteiger partial charge in [0, 0.05) is 31.4 Å².